The number of nitrogens with zero attached hydrogens (tertiary/aromatic N) is 1. The number of methoxy groups -OCH3 is 1. The number of nitrogens with one attached hydrogen (secondary N) is 1. The number of likely N-dealkylation sites (tertiary alicyclic amines) is 1. The first-order valence-corrected chi connectivity index (χ1v) is 9.72. The summed E-state index contributed by atoms with van der Waals surface area (Å²) < 4.78 is 5.26. The van der Waals surface area contributed by atoms with Crippen LogP contribution in [0.4, 0.5) is 0 Å². The molecular weight excluding hydrogens is 352 g/mol. The molecule has 0 aromatic heterocycles. The minimum Gasteiger partial charge on any atom is -0.380 e. The fourth-order valence-electron chi connectivity index (χ4n) is 3.98. The van der Waals surface area contributed by atoms with E-state index < -0.39 is 5.41 Å². The Labute approximate surface area is 166 Å². The third kappa shape index (κ3) is 4.25. The molecule has 1 heterocycles. The average Bonchev–Trinajstić information content (AvgIpc) is 2.73. The third-order valence-corrected chi connectivity index (χ3v) is 5.68. The van der Waals surface area contributed by atoms with E-state index in [1.807, 2.05) is 59.5 Å². The molecule has 2 aromatic carbocycles. The quantitative estimate of drug-likeness (QED) is 0.838. The van der Waals surface area contributed by atoms with Crippen LogP contribution < -0.4 is 5.32 Å². The Balaban J connectivity index is 1.80. The van der Waals surface area contributed by atoms with Crippen molar-refractivity contribution in [3.8, 4) is 0 Å². The average molecular weight is 380 g/mol. The summed E-state index contributed by atoms with van der Waals surface area (Å²) in [5.41, 5.74) is 2.54. The van der Waals surface area contributed by atoms with Gasteiger partial charge in [0.2, 0.25) is 11.8 Å². The highest BCUT2D eigenvalue weighted by Crippen LogP contribution is 2.36. The van der Waals surface area contributed by atoms with Crippen LogP contribution >= 0.6 is 0 Å². The molecular formula is C23H28N2O3. The highest BCUT2D eigenvalue weighted by atomic mass is 16.5. The Morgan fingerprint density at radius 1 is 1.00 bits per heavy atom. The predicted octanol–water partition coefficient (Wildman–Crippen LogP) is 3.03. The highest BCUT2D eigenvalue weighted by molar-refractivity contribution is 5.88. The van der Waals surface area contributed by atoms with Gasteiger partial charge >= 0.3 is 0 Å². The minimum absolute atomic E-state index is 0.0223. The zero-order valence-corrected chi connectivity index (χ0v) is 16.6. The van der Waals surface area contributed by atoms with E-state index in [-0.39, 0.29) is 11.8 Å². The number of carbonyl (C=O) groups is 2. The van der Waals surface area contributed by atoms with Gasteiger partial charge in [-0.3, -0.25) is 9.59 Å². The first kappa shape index (κ1) is 20.1. The van der Waals surface area contributed by atoms with Gasteiger partial charge in [-0.1, -0.05) is 54.6 Å². The molecule has 2 aromatic rings. The molecule has 1 saturated heterocycles. The number of hydrogen-bond acceptors (Lipinski definition) is 3. The van der Waals surface area contributed by atoms with Crippen molar-refractivity contribution in [2.45, 2.75) is 38.3 Å². The normalized spacial score (nSPS) is 15.9. The van der Waals surface area contributed by atoms with E-state index >= 15 is 0 Å². The zero-order valence-electron chi connectivity index (χ0n) is 16.6. The van der Waals surface area contributed by atoms with E-state index in [2.05, 4.69) is 5.32 Å². The topological polar surface area (TPSA) is 58.6 Å². The maximum atomic E-state index is 13.4. The van der Waals surface area contributed by atoms with Gasteiger partial charge in [-0.15, -0.1) is 0 Å². The number of benzene rings is 2. The monoisotopic (exact) mass is 380 g/mol. The minimum atomic E-state index is -0.608. The largest absolute Gasteiger partial charge is 0.380 e. The van der Waals surface area contributed by atoms with E-state index in [9.17, 15) is 9.59 Å². The van der Waals surface area contributed by atoms with Crippen LogP contribution in [0.2, 0.25) is 0 Å². The smallest absolute Gasteiger partial charge is 0.231 e. The second-order valence-corrected chi connectivity index (χ2v) is 7.34. The van der Waals surface area contributed by atoms with Crippen LogP contribution in [-0.4, -0.2) is 36.9 Å². The van der Waals surface area contributed by atoms with Crippen molar-refractivity contribution in [1.29, 1.82) is 0 Å². The summed E-state index contributed by atoms with van der Waals surface area (Å²) in [5, 5.41) is 3.15. The standard InChI is InChI=1S/C23H28N2O3/c1-18(26)25-14-12-23(13-15-25,21-10-4-3-5-11-21)22(27)24-16-19-8-6-7-9-20(19)17-28-2/h3-11H,12-17H2,1-2H3,(H,24,27). The Morgan fingerprint density at radius 2 is 1.61 bits per heavy atom. The van der Waals surface area contributed by atoms with E-state index in [4.69, 9.17) is 4.74 Å². The van der Waals surface area contributed by atoms with Gasteiger partial charge in [-0.05, 0) is 29.5 Å². The molecule has 0 atom stereocenters. The summed E-state index contributed by atoms with van der Waals surface area (Å²) in [5.74, 6) is 0.0877. The van der Waals surface area contributed by atoms with Crippen LogP contribution in [0.3, 0.4) is 0 Å². The van der Waals surface area contributed by atoms with Crippen LogP contribution in [0.5, 0.6) is 0 Å². The molecule has 2 amide bonds. The summed E-state index contributed by atoms with van der Waals surface area (Å²) in [4.78, 5) is 27.0. The Bertz CT molecular complexity index is 812. The lowest BCUT2D eigenvalue weighted by Gasteiger charge is -2.40. The Hall–Kier alpha value is -2.66. The molecule has 148 valence electrons. The molecule has 28 heavy (non-hydrogen) atoms. The maximum absolute atomic E-state index is 13.4. The van der Waals surface area contributed by atoms with Gasteiger partial charge in [0.25, 0.3) is 0 Å². The molecule has 1 aliphatic rings. The number of hydrogen-bond donors (Lipinski definition) is 1. The van der Waals surface area contributed by atoms with Crippen LogP contribution in [0.15, 0.2) is 54.6 Å². The Kier molecular flexibility index (Phi) is 6.47. The third-order valence-electron chi connectivity index (χ3n) is 5.68. The lowest BCUT2D eigenvalue weighted by molar-refractivity contribution is -0.135. The SMILES string of the molecule is COCc1ccccc1CNC(=O)C1(c2ccccc2)CCN(C(C)=O)CC1. The van der Waals surface area contributed by atoms with Crippen molar-refractivity contribution < 1.29 is 14.3 Å². The first-order valence-electron chi connectivity index (χ1n) is 9.72. The molecule has 1 fully saturated rings. The van der Waals surface area contributed by atoms with Gasteiger partial charge in [-0.2, -0.15) is 0 Å². The molecule has 0 spiro atoms. The molecule has 0 bridgehead atoms. The van der Waals surface area contributed by atoms with Gasteiger partial charge < -0.3 is 15.0 Å². The summed E-state index contributed by atoms with van der Waals surface area (Å²) in [6, 6.07) is 17.9. The van der Waals surface area contributed by atoms with E-state index in [1.54, 1.807) is 14.0 Å². The molecule has 1 N–H and O–H groups in total. The second-order valence-electron chi connectivity index (χ2n) is 7.34. The Morgan fingerprint density at radius 3 is 2.21 bits per heavy atom. The van der Waals surface area contributed by atoms with Crippen molar-refractivity contribution in [2.75, 3.05) is 20.2 Å². The van der Waals surface area contributed by atoms with Gasteiger partial charge in [0.05, 0.1) is 12.0 Å². The number of ether oxygens (including phenoxy) is 1. The van der Waals surface area contributed by atoms with Gasteiger partial charge in [0.15, 0.2) is 0 Å². The molecule has 0 unspecified atom stereocenters. The molecule has 5 nitrogen and oxygen atoms in total. The van der Waals surface area contributed by atoms with E-state index in [1.165, 1.54) is 0 Å². The summed E-state index contributed by atoms with van der Waals surface area (Å²) in [7, 11) is 1.67. The number of piperidine rings is 1. The lowest BCUT2D eigenvalue weighted by atomic mass is 9.72. The maximum Gasteiger partial charge on any atom is 0.231 e. The number of rotatable bonds is 6. The number of carbonyl (C=O) groups excluding carboxylic acids is 2. The van der Waals surface area contributed by atoms with Crippen molar-refractivity contribution in [1.82, 2.24) is 10.2 Å². The second kappa shape index (κ2) is 9.02. The molecule has 0 saturated carbocycles. The summed E-state index contributed by atoms with van der Waals surface area (Å²) in [6.45, 7) is 3.75. The van der Waals surface area contributed by atoms with Crippen molar-refractivity contribution >= 4 is 11.8 Å². The van der Waals surface area contributed by atoms with Gasteiger partial charge in [0.1, 0.15) is 0 Å². The van der Waals surface area contributed by atoms with Gasteiger partial charge in [-0.25, -0.2) is 0 Å². The fourth-order valence-corrected chi connectivity index (χ4v) is 3.98. The van der Waals surface area contributed by atoms with Gasteiger partial charge in [0, 0.05) is 33.7 Å². The number of amides is 2. The molecule has 0 aliphatic carbocycles. The van der Waals surface area contributed by atoms with Crippen molar-refractivity contribution in [3.63, 3.8) is 0 Å². The van der Waals surface area contributed by atoms with Crippen molar-refractivity contribution in [3.05, 3.63) is 71.3 Å². The van der Waals surface area contributed by atoms with Crippen LogP contribution in [0.25, 0.3) is 0 Å². The first-order chi connectivity index (χ1) is 13.6. The van der Waals surface area contributed by atoms with E-state index in [0.717, 1.165) is 16.7 Å². The van der Waals surface area contributed by atoms with E-state index in [0.29, 0.717) is 39.1 Å². The zero-order chi connectivity index (χ0) is 20.0. The molecule has 5 heteroatoms. The van der Waals surface area contributed by atoms with Crippen LogP contribution in [0.1, 0.15) is 36.5 Å². The fraction of sp³-hybridized carbons (Fsp3) is 0.391. The highest BCUT2D eigenvalue weighted by Gasteiger charge is 2.43. The molecule has 1 aliphatic heterocycles. The van der Waals surface area contributed by atoms with Crippen LogP contribution in [-0.2, 0) is 32.9 Å². The lowest BCUT2D eigenvalue weighted by Crippen LogP contribution is -2.52. The van der Waals surface area contributed by atoms with Crippen molar-refractivity contribution in [2.24, 2.45) is 0 Å². The predicted molar refractivity (Wildman–Crippen MR) is 109 cm³/mol. The van der Waals surface area contributed by atoms with Crippen LogP contribution in [0, 0.1) is 0 Å². The molecule has 3 rings (SSSR count). The molecule has 0 radical (unpaired) electrons. The summed E-state index contributed by atoms with van der Waals surface area (Å²) in [6.07, 6.45) is 1.25. The summed E-state index contributed by atoms with van der Waals surface area (Å²) >= 11 is 0.